The van der Waals surface area contributed by atoms with Gasteiger partial charge >= 0.3 is 0 Å². The lowest BCUT2D eigenvalue weighted by Gasteiger charge is -2.06. The fraction of sp³-hybridized carbons (Fsp3) is 0.286. The Morgan fingerprint density at radius 1 is 1.21 bits per heavy atom. The van der Waals surface area contributed by atoms with Gasteiger partial charge in [0, 0.05) is 18.8 Å². The van der Waals surface area contributed by atoms with E-state index in [0.29, 0.717) is 6.54 Å². The Hall–Kier alpha value is -2.14. The van der Waals surface area contributed by atoms with Gasteiger partial charge < -0.3 is 14.2 Å². The van der Waals surface area contributed by atoms with Gasteiger partial charge in [0.2, 0.25) is 0 Å². The summed E-state index contributed by atoms with van der Waals surface area (Å²) >= 11 is 0. The fourth-order valence-electron chi connectivity index (χ4n) is 2.23. The normalized spacial score (nSPS) is 11.3. The Morgan fingerprint density at radius 3 is 2.74 bits per heavy atom. The summed E-state index contributed by atoms with van der Waals surface area (Å²) in [6, 6.07) is 8.04. The SMILES string of the molecule is Cc1nnc(Cn2ccc3cc(CO)ccc32)n1C. The highest BCUT2D eigenvalue weighted by Gasteiger charge is 2.08. The van der Waals surface area contributed by atoms with Crippen LogP contribution in [0.4, 0.5) is 0 Å². The molecule has 0 radical (unpaired) electrons. The van der Waals surface area contributed by atoms with Crippen molar-refractivity contribution in [3.05, 3.63) is 47.7 Å². The summed E-state index contributed by atoms with van der Waals surface area (Å²) in [7, 11) is 1.97. The van der Waals surface area contributed by atoms with E-state index in [1.807, 2.05) is 42.9 Å². The molecule has 0 fully saturated rings. The first-order valence-electron chi connectivity index (χ1n) is 6.22. The fourth-order valence-corrected chi connectivity index (χ4v) is 2.23. The molecular formula is C14H16N4O. The van der Waals surface area contributed by atoms with Crippen molar-refractivity contribution in [2.75, 3.05) is 0 Å². The molecule has 1 N–H and O–H groups in total. The molecule has 5 heteroatoms. The summed E-state index contributed by atoms with van der Waals surface area (Å²) < 4.78 is 4.13. The molecule has 0 aliphatic rings. The summed E-state index contributed by atoms with van der Waals surface area (Å²) in [6.07, 6.45) is 2.04. The molecule has 2 aromatic heterocycles. The molecule has 0 spiro atoms. The molecule has 0 saturated carbocycles. The van der Waals surface area contributed by atoms with Gasteiger partial charge in [0.15, 0.2) is 5.82 Å². The topological polar surface area (TPSA) is 55.9 Å². The molecule has 3 aromatic rings. The van der Waals surface area contributed by atoms with Crippen LogP contribution in [-0.4, -0.2) is 24.4 Å². The minimum absolute atomic E-state index is 0.0730. The molecule has 98 valence electrons. The van der Waals surface area contributed by atoms with Gasteiger partial charge in [0.25, 0.3) is 0 Å². The van der Waals surface area contributed by atoms with Crippen LogP contribution in [0.2, 0.25) is 0 Å². The lowest BCUT2D eigenvalue weighted by molar-refractivity contribution is 0.282. The van der Waals surface area contributed by atoms with Crippen LogP contribution in [0.25, 0.3) is 10.9 Å². The van der Waals surface area contributed by atoms with Crippen LogP contribution < -0.4 is 0 Å². The largest absolute Gasteiger partial charge is 0.392 e. The van der Waals surface area contributed by atoms with Crippen LogP contribution >= 0.6 is 0 Å². The van der Waals surface area contributed by atoms with Gasteiger partial charge in [-0.05, 0) is 36.1 Å². The standard InChI is InChI=1S/C14H16N4O/c1-10-15-16-14(17(10)2)8-18-6-5-12-7-11(9-19)3-4-13(12)18/h3-7,19H,8-9H2,1-2H3. The third-order valence-corrected chi connectivity index (χ3v) is 3.51. The second kappa shape index (κ2) is 4.51. The molecule has 0 unspecified atom stereocenters. The van der Waals surface area contributed by atoms with Crippen molar-refractivity contribution < 1.29 is 5.11 Å². The lowest BCUT2D eigenvalue weighted by Crippen LogP contribution is -2.05. The van der Waals surface area contributed by atoms with Gasteiger partial charge in [0.05, 0.1) is 13.2 Å². The highest BCUT2D eigenvalue weighted by atomic mass is 16.3. The molecule has 19 heavy (non-hydrogen) atoms. The average Bonchev–Trinajstić information content (AvgIpc) is 2.97. The first kappa shape index (κ1) is 11.9. The summed E-state index contributed by atoms with van der Waals surface area (Å²) in [6.45, 7) is 2.71. The predicted molar refractivity (Wildman–Crippen MR) is 72.7 cm³/mol. The molecule has 0 bridgehead atoms. The Bertz CT molecular complexity index is 726. The second-order valence-corrected chi connectivity index (χ2v) is 4.72. The number of aromatic nitrogens is 4. The van der Waals surface area contributed by atoms with Crippen LogP contribution in [0, 0.1) is 6.92 Å². The Labute approximate surface area is 111 Å². The van der Waals surface area contributed by atoms with E-state index in [9.17, 15) is 0 Å². The van der Waals surface area contributed by atoms with E-state index < -0.39 is 0 Å². The minimum atomic E-state index is 0.0730. The monoisotopic (exact) mass is 256 g/mol. The van der Waals surface area contributed by atoms with Gasteiger partial charge in [-0.25, -0.2) is 0 Å². The van der Waals surface area contributed by atoms with E-state index in [-0.39, 0.29) is 6.61 Å². The van der Waals surface area contributed by atoms with Crippen LogP contribution in [0.15, 0.2) is 30.5 Å². The van der Waals surface area contributed by atoms with Crippen molar-refractivity contribution in [1.82, 2.24) is 19.3 Å². The highest BCUT2D eigenvalue weighted by Crippen LogP contribution is 2.18. The highest BCUT2D eigenvalue weighted by molar-refractivity contribution is 5.80. The predicted octanol–water partition coefficient (Wildman–Crippen LogP) is 1.62. The van der Waals surface area contributed by atoms with Crippen molar-refractivity contribution >= 4 is 10.9 Å². The zero-order valence-corrected chi connectivity index (χ0v) is 11.0. The van der Waals surface area contributed by atoms with Crippen LogP contribution in [0.5, 0.6) is 0 Å². The van der Waals surface area contributed by atoms with Gasteiger partial charge in [0.1, 0.15) is 5.82 Å². The van der Waals surface area contributed by atoms with Crippen LogP contribution in [0.3, 0.4) is 0 Å². The van der Waals surface area contributed by atoms with Crippen molar-refractivity contribution in [2.24, 2.45) is 7.05 Å². The van der Waals surface area contributed by atoms with E-state index in [1.165, 1.54) is 0 Å². The Balaban J connectivity index is 1.99. The van der Waals surface area contributed by atoms with Gasteiger partial charge in [-0.1, -0.05) is 6.07 Å². The number of rotatable bonds is 3. The van der Waals surface area contributed by atoms with Crippen molar-refractivity contribution in [2.45, 2.75) is 20.1 Å². The molecule has 0 amide bonds. The minimum Gasteiger partial charge on any atom is -0.392 e. The molecule has 2 heterocycles. The van der Waals surface area contributed by atoms with E-state index in [1.54, 1.807) is 0 Å². The maximum atomic E-state index is 9.15. The second-order valence-electron chi connectivity index (χ2n) is 4.72. The number of hydrogen-bond acceptors (Lipinski definition) is 3. The number of benzene rings is 1. The Kier molecular flexibility index (Phi) is 2.83. The number of nitrogens with zero attached hydrogens (tertiary/aromatic N) is 4. The number of aliphatic hydroxyl groups excluding tert-OH is 1. The van der Waals surface area contributed by atoms with E-state index in [2.05, 4.69) is 20.8 Å². The maximum absolute atomic E-state index is 9.15. The first-order chi connectivity index (χ1) is 9.19. The summed E-state index contributed by atoms with van der Waals surface area (Å²) in [5.41, 5.74) is 2.07. The van der Waals surface area contributed by atoms with Gasteiger partial charge in [-0.15, -0.1) is 10.2 Å². The average molecular weight is 256 g/mol. The Morgan fingerprint density at radius 2 is 2.05 bits per heavy atom. The first-order valence-corrected chi connectivity index (χ1v) is 6.22. The molecule has 0 aliphatic carbocycles. The molecular weight excluding hydrogens is 240 g/mol. The zero-order chi connectivity index (χ0) is 13.4. The van der Waals surface area contributed by atoms with Crippen LogP contribution in [0.1, 0.15) is 17.2 Å². The molecule has 3 rings (SSSR count). The number of hydrogen-bond donors (Lipinski definition) is 1. The number of aryl methyl sites for hydroxylation is 1. The number of fused-ring (bicyclic) bond motifs is 1. The quantitative estimate of drug-likeness (QED) is 0.774. The smallest absolute Gasteiger partial charge is 0.152 e. The number of aliphatic hydroxyl groups is 1. The molecule has 0 saturated heterocycles. The van der Waals surface area contributed by atoms with Gasteiger partial charge in [-0.3, -0.25) is 0 Å². The van der Waals surface area contributed by atoms with Crippen LogP contribution in [-0.2, 0) is 20.2 Å². The van der Waals surface area contributed by atoms with Crippen molar-refractivity contribution in [3.63, 3.8) is 0 Å². The summed E-state index contributed by atoms with van der Waals surface area (Å²) in [5, 5.41) is 18.5. The summed E-state index contributed by atoms with van der Waals surface area (Å²) in [5.74, 6) is 1.84. The third kappa shape index (κ3) is 2.02. The van der Waals surface area contributed by atoms with Crippen molar-refractivity contribution in [3.8, 4) is 0 Å². The van der Waals surface area contributed by atoms with E-state index >= 15 is 0 Å². The summed E-state index contributed by atoms with van der Waals surface area (Å²) in [4.78, 5) is 0. The molecule has 0 atom stereocenters. The zero-order valence-electron chi connectivity index (χ0n) is 11.0. The molecule has 1 aromatic carbocycles. The molecule has 0 aliphatic heterocycles. The van der Waals surface area contributed by atoms with Crippen molar-refractivity contribution in [1.29, 1.82) is 0 Å². The third-order valence-electron chi connectivity index (χ3n) is 3.51. The van der Waals surface area contributed by atoms with E-state index in [0.717, 1.165) is 28.1 Å². The maximum Gasteiger partial charge on any atom is 0.152 e. The lowest BCUT2D eigenvalue weighted by atomic mass is 10.2. The van der Waals surface area contributed by atoms with Gasteiger partial charge in [-0.2, -0.15) is 0 Å². The molecule has 5 nitrogen and oxygen atoms in total. The van der Waals surface area contributed by atoms with E-state index in [4.69, 9.17) is 5.11 Å².